The van der Waals surface area contributed by atoms with Crippen LogP contribution in [0.5, 0.6) is 0 Å². The van der Waals surface area contributed by atoms with E-state index in [9.17, 15) is 0 Å². The van der Waals surface area contributed by atoms with Gasteiger partial charge in [0.15, 0.2) is 0 Å². The quantitative estimate of drug-likeness (QED) is 0.785. The molecule has 1 aliphatic carbocycles. The maximum atomic E-state index is 3.86. The van der Waals surface area contributed by atoms with Gasteiger partial charge in [0, 0.05) is 18.6 Å². The van der Waals surface area contributed by atoms with Crippen molar-refractivity contribution < 1.29 is 0 Å². The van der Waals surface area contributed by atoms with Gasteiger partial charge in [0.1, 0.15) is 0 Å². The molecule has 2 rings (SSSR count). The maximum absolute atomic E-state index is 3.86. The number of hydrogen-bond donors (Lipinski definition) is 1. The Morgan fingerprint density at radius 1 is 1.14 bits per heavy atom. The Hall–Kier alpha value is -0.0800. The second-order valence-corrected chi connectivity index (χ2v) is 7.98. The lowest BCUT2D eigenvalue weighted by Crippen LogP contribution is -2.49. The highest BCUT2D eigenvalue weighted by atomic mass is 15.2. The molecule has 4 unspecified atom stereocenters. The minimum atomic E-state index is 0.772. The van der Waals surface area contributed by atoms with Gasteiger partial charge in [0.2, 0.25) is 0 Å². The van der Waals surface area contributed by atoms with E-state index >= 15 is 0 Å². The number of piperidine rings is 1. The van der Waals surface area contributed by atoms with Crippen LogP contribution in [0.2, 0.25) is 0 Å². The van der Waals surface area contributed by atoms with Crippen molar-refractivity contribution >= 4 is 0 Å². The van der Waals surface area contributed by atoms with E-state index < -0.39 is 0 Å². The first-order chi connectivity index (χ1) is 10.1. The Morgan fingerprint density at radius 2 is 1.95 bits per heavy atom. The number of likely N-dealkylation sites (tertiary alicyclic amines) is 1. The van der Waals surface area contributed by atoms with Crippen LogP contribution in [0.1, 0.15) is 72.6 Å². The van der Waals surface area contributed by atoms with Crippen molar-refractivity contribution in [2.45, 2.75) is 84.7 Å². The molecular formula is C19H38N2. The third-order valence-electron chi connectivity index (χ3n) is 6.03. The van der Waals surface area contributed by atoms with Gasteiger partial charge in [0.05, 0.1) is 0 Å². The van der Waals surface area contributed by atoms with Gasteiger partial charge in [-0.05, 0) is 76.3 Å². The Morgan fingerprint density at radius 3 is 2.62 bits per heavy atom. The van der Waals surface area contributed by atoms with Gasteiger partial charge in [0.25, 0.3) is 0 Å². The number of rotatable bonds is 6. The van der Waals surface area contributed by atoms with E-state index in [4.69, 9.17) is 0 Å². The van der Waals surface area contributed by atoms with Gasteiger partial charge in [-0.25, -0.2) is 0 Å². The molecule has 0 radical (unpaired) electrons. The molecule has 0 aromatic rings. The molecule has 1 N–H and O–H groups in total. The van der Waals surface area contributed by atoms with Crippen LogP contribution in [-0.4, -0.2) is 36.6 Å². The minimum Gasteiger partial charge on any atom is -0.314 e. The molecule has 0 aromatic carbocycles. The van der Waals surface area contributed by atoms with E-state index in [1.165, 1.54) is 64.6 Å². The average Bonchev–Trinajstić information content (AvgIpc) is 2.48. The molecule has 1 heterocycles. The molecule has 2 nitrogen and oxygen atoms in total. The second kappa shape index (κ2) is 8.53. The Labute approximate surface area is 133 Å². The molecule has 4 atom stereocenters. The lowest BCUT2D eigenvalue weighted by molar-refractivity contribution is 0.0840. The van der Waals surface area contributed by atoms with Crippen LogP contribution < -0.4 is 5.32 Å². The number of nitrogens with zero attached hydrogens (tertiary/aromatic N) is 1. The molecular weight excluding hydrogens is 256 g/mol. The van der Waals surface area contributed by atoms with Gasteiger partial charge >= 0.3 is 0 Å². The van der Waals surface area contributed by atoms with Gasteiger partial charge < -0.3 is 10.2 Å². The molecule has 0 aromatic heterocycles. The summed E-state index contributed by atoms with van der Waals surface area (Å²) in [5.74, 6) is 2.69. The molecule has 2 aliphatic rings. The van der Waals surface area contributed by atoms with E-state index in [0.717, 1.165) is 29.8 Å². The van der Waals surface area contributed by atoms with E-state index in [0.29, 0.717) is 0 Å². The largest absolute Gasteiger partial charge is 0.314 e. The molecule has 2 fully saturated rings. The Kier molecular flexibility index (Phi) is 7.01. The fourth-order valence-corrected chi connectivity index (χ4v) is 4.44. The van der Waals surface area contributed by atoms with E-state index in [1.54, 1.807) is 0 Å². The maximum Gasteiger partial charge on any atom is 0.0108 e. The lowest BCUT2D eigenvalue weighted by Gasteiger charge is -2.43. The van der Waals surface area contributed by atoms with Crippen molar-refractivity contribution in [2.75, 3.05) is 19.6 Å². The van der Waals surface area contributed by atoms with Crippen molar-refractivity contribution in [3.05, 3.63) is 0 Å². The van der Waals surface area contributed by atoms with Gasteiger partial charge in [-0.2, -0.15) is 0 Å². The molecule has 0 bridgehead atoms. The fraction of sp³-hybridized carbons (Fsp3) is 1.00. The predicted octanol–water partition coefficient (Wildman–Crippen LogP) is 4.30. The van der Waals surface area contributed by atoms with Crippen LogP contribution in [0.4, 0.5) is 0 Å². The van der Waals surface area contributed by atoms with Crippen LogP contribution in [-0.2, 0) is 0 Å². The van der Waals surface area contributed by atoms with Crippen molar-refractivity contribution in [1.82, 2.24) is 10.2 Å². The lowest BCUT2D eigenvalue weighted by atomic mass is 9.73. The number of nitrogens with one attached hydrogen (secondary N) is 1. The van der Waals surface area contributed by atoms with Crippen molar-refractivity contribution in [1.29, 1.82) is 0 Å². The summed E-state index contributed by atoms with van der Waals surface area (Å²) >= 11 is 0. The van der Waals surface area contributed by atoms with Crippen LogP contribution >= 0.6 is 0 Å². The van der Waals surface area contributed by atoms with Gasteiger partial charge in [-0.1, -0.05) is 27.2 Å². The minimum absolute atomic E-state index is 0.772. The van der Waals surface area contributed by atoms with Crippen molar-refractivity contribution in [3.8, 4) is 0 Å². The highest BCUT2D eigenvalue weighted by Crippen LogP contribution is 2.35. The molecule has 0 spiro atoms. The van der Waals surface area contributed by atoms with Crippen molar-refractivity contribution in [3.63, 3.8) is 0 Å². The third kappa shape index (κ3) is 4.96. The Balaban J connectivity index is 1.94. The van der Waals surface area contributed by atoms with E-state index in [1.807, 2.05) is 0 Å². The summed E-state index contributed by atoms with van der Waals surface area (Å²) in [6.45, 7) is 13.4. The normalized spacial score (nSPS) is 35.3. The molecule has 2 heteroatoms. The molecule has 1 saturated carbocycles. The van der Waals surface area contributed by atoms with E-state index in [2.05, 4.69) is 37.9 Å². The highest BCUT2D eigenvalue weighted by molar-refractivity contribution is 4.89. The molecule has 0 amide bonds. The fourth-order valence-electron chi connectivity index (χ4n) is 4.44. The standard InChI is InChI=1S/C19H38N2/c1-5-11-20-19-10-9-17(15(2)3)13-18(19)14-21-12-7-6-8-16(21)4/h15-20H,5-14H2,1-4H3. The molecule has 124 valence electrons. The summed E-state index contributed by atoms with van der Waals surface area (Å²) in [5, 5.41) is 3.86. The van der Waals surface area contributed by atoms with E-state index in [-0.39, 0.29) is 0 Å². The summed E-state index contributed by atoms with van der Waals surface area (Å²) in [6, 6.07) is 1.58. The zero-order valence-corrected chi connectivity index (χ0v) is 14.9. The summed E-state index contributed by atoms with van der Waals surface area (Å²) in [6.07, 6.45) is 9.81. The zero-order chi connectivity index (χ0) is 15.2. The molecule has 21 heavy (non-hydrogen) atoms. The van der Waals surface area contributed by atoms with Crippen LogP contribution in [0.25, 0.3) is 0 Å². The SMILES string of the molecule is CCCNC1CCC(C(C)C)CC1CN1CCCCC1C. The Bertz CT molecular complexity index is 289. The summed E-state index contributed by atoms with van der Waals surface area (Å²) < 4.78 is 0. The topological polar surface area (TPSA) is 15.3 Å². The molecule has 1 aliphatic heterocycles. The van der Waals surface area contributed by atoms with Crippen LogP contribution in [0, 0.1) is 17.8 Å². The average molecular weight is 295 g/mol. The van der Waals surface area contributed by atoms with Crippen molar-refractivity contribution in [2.24, 2.45) is 17.8 Å². The second-order valence-electron chi connectivity index (χ2n) is 7.98. The third-order valence-corrected chi connectivity index (χ3v) is 6.03. The first-order valence-corrected chi connectivity index (χ1v) is 9.59. The molecule has 1 saturated heterocycles. The summed E-state index contributed by atoms with van der Waals surface area (Å²) in [5.41, 5.74) is 0. The zero-order valence-electron chi connectivity index (χ0n) is 14.9. The van der Waals surface area contributed by atoms with Gasteiger partial charge in [-0.3, -0.25) is 0 Å². The van der Waals surface area contributed by atoms with Crippen LogP contribution in [0.3, 0.4) is 0 Å². The summed E-state index contributed by atoms with van der Waals surface area (Å²) in [4.78, 5) is 2.79. The first-order valence-electron chi connectivity index (χ1n) is 9.59. The van der Waals surface area contributed by atoms with Gasteiger partial charge in [-0.15, -0.1) is 0 Å². The van der Waals surface area contributed by atoms with Crippen LogP contribution in [0.15, 0.2) is 0 Å². The monoisotopic (exact) mass is 294 g/mol. The number of hydrogen-bond acceptors (Lipinski definition) is 2. The predicted molar refractivity (Wildman–Crippen MR) is 92.6 cm³/mol. The smallest absolute Gasteiger partial charge is 0.0108 e. The first kappa shape index (κ1) is 17.3. The highest BCUT2D eigenvalue weighted by Gasteiger charge is 2.33. The summed E-state index contributed by atoms with van der Waals surface area (Å²) in [7, 11) is 0.